The second-order valence-corrected chi connectivity index (χ2v) is 6.49. The fraction of sp³-hybridized carbons (Fsp3) is 0.235. The van der Waals surface area contributed by atoms with E-state index >= 15 is 0 Å². The number of nitrogens with zero attached hydrogens (tertiary/aromatic N) is 1. The van der Waals surface area contributed by atoms with Gasteiger partial charge in [-0.1, -0.05) is 29.1 Å². The minimum absolute atomic E-state index is 0.152. The van der Waals surface area contributed by atoms with Gasteiger partial charge in [0, 0.05) is 15.4 Å². The van der Waals surface area contributed by atoms with Gasteiger partial charge in [0.05, 0.1) is 0 Å². The number of nitrogens with two attached hydrogens (primary N) is 1. The highest BCUT2D eigenvalue weighted by Gasteiger charge is 2.13. The summed E-state index contributed by atoms with van der Waals surface area (Å²) in [6, 6.07) is 12.6. The molecule has 108 valence electrons. The predicted octanol–water partition coefficient (Wildman–Crippen LogP) is 3.73. The smallest absolute Gasteiger partial charge is 0.171 e. The van der Waals surface area contributed by atoms with E-state index in [0.717, 1.165) is 16.0 Å². The van der Waals surface area contributed by atoms with Gasteiger partial charge in [0.25, 0.3) is 0 Å². The predicted molar refractivity (Wildman–Crippen MR) is 86.3 cm³/mol. The fourth-order valence-corrected chi connectivity index (χ4v) is 3.84. The minimum Gasteiger partial charge on any atom is -0.409 e. The second-order valence-electron chi connectivity index (χ2n) is 5.37. The molecule has 4 heteroatoms. The third-order valence-electron chi connectivity index (χ3n) is 3.82. The molecule has 0 bridgehead atoms. The monoisotopic (exact) mass is 298 g/mol. The number of aryl methyl sites for hydroxylation is 3. The Morgan fingerprint density at radius 3 is 2.76 bits per heavy atom. The van der Waals surface area contributed by atoms with Crippen LogP contribution in [0, 0.1) is 6.92 Å². The van der Waals surface area contributed by atoms with Gasteiger partial charge < -0.3 is 10.9 Å². The van der Waals surface area contributed by atoms with Gasteiger partial charge in [-0.3, -0.25) is 0 Å². The fourth-order valence-electron chi connectivity index (χ4n) is 2.72. The highest BCUT2D eigenvalue weighted by atomic mass is 32.2. The molecule has 3 rings (SSSR count). The first kappa shape index (κ1) is 14.0. The summed E-state index contributed by atoms with van der Waals surface area (Å²) < 4.78 is 0. The van der Waals surface area contributed by atoms with E-state index in [4.69, 9.17) is 10.9 Å². The largest absolute Gasteiger partial charge is 0.409 e. The van der Waals surface area contributed by atoms with Crippen molar-refractivity contribution in [1.29, 1.82) is 0 Å². The Labute approximate surface area is 128 Å². The zero-order valence-electron chi connectivity index (χ0n) is 12.0. The van der Waals surface area contributed by atoms with E-state index in [9.17, 15) is 0 Å². The van der Waals surface area contributed by atoms with Gasteiger partial charge in [0.15, 0.2) is 5.84 Å². The maximum atomic E-state index is 8.93. The molecular formula is C17H18N2OS. The van der Waals surface area contributed by atoms with Gasteiger partial charge in [-0.05, 0) is 67.1 Å². The van der Waals surface area contributed by atoms with E-state index < -0.39 is 0 Å². The molecule has 0 saturated heterocycles. The molecule has 0 unspecified atom stereocenters. The maximum absolute atomic E-state index is 8.93. The molecule has 0 atom stereocenters. The van der Waals surface area contributed by atoms with Crippen LogP contribution in [-0.2, 0) is 12.8 Å². The first-order chi connectivity index (χ1) is 10.2. The summed E-state index contributed by atoms with van der Waals surface area (Å²) in [5, 5.41) is 12.1. The lowest BCUT2D eigenvalue weighted by molar-refractivity contribution is 0.318. The van der Waals surface area contributed by atoms with E-state index in [0.29, 0.717) is 0 Å². The molecule has 0 fully saturated rings. The summed E-state index contributed by atoms with van der Waals surface area (Å²) in [6.45, 7) is 2.04. The molecule has 0 aliphatic heterocycles. The molecule has 0 aromatic heterocycles. The number of hydrogen-bond acceptors (Lipinski definition) is 3. The molecule has 2 aromatic carbocycles. The molecular weight excluding hydrogens is 280 g/mol. The van der Waals surface area contributed by atoms with Crippen molar-refractivity contribution in [2.24, 2.45) is 10.9 Å². The van der Waals surface area contributed by atoms with Crippen LogP contribution in [0.4, 0.5) is 0 Å². The summed E-state index contributed by atoms with van der Waals surface area (Å²) in [6.07, 6.45) is 3.62. The molecule has 0 radical (unpaired) electrons. The van der Waals surface area contributed by atoms with Crippen molar-refractivity contribution < 1.29 is 5.21 Å². The summed E-state index contributed by atoms with van der Waals surface area (Å²) in [4.78, 5) is 2.22. The van der Waals surface area contributed by atoms with Crippen LogP contribution in [0.15, 0.2) is 51.3 Å². The van der Waals surface area contributed by atoms with E-state index in [1.165, 1.54) is 35.3 Å². The van der Waals surface area contributed by atoms with Crippen molar-refractivity contribution in [2.45, 2.75) is 36.0 Å². The topological polar surface area (TPSA) is 58.6 Å². The summed E-state index contributed by atoms with van der Waals surface area (Å²) in [5.41, 5.74) is 10.6. The average molecular weight is 298 g/mol. The molecule has 3 nitrogen and oxygen atoms in total. The number of fused-ring (bicyclic) bond motifs is 1. The van der Waals surface area contributed by atoms with Crippen LogP contribution in [0.5, 0.6) is 0 Å². The van der Waals surface area contributed by atoms with Gasteiger partial charge in [-0.2, -0.15) is 0 Å². The Balaban J connectivity index is 1.96. The first-order valence-corrected chi connectivity index (χ1v) is 7.87. The van der Waals surface area contributed by atoms with Crippen LogP contribution in [0.25, 0.3) is 0 Å². The van der Waals surface area contributed by atoms with E-state index in [1.54, 1.807) is 11.8 Å². The zero-order valence-corrected chi connectivity index (χ0v) is 12.8. The third-order valence-corrected chi connectivity index (χ3v) is 4.87. The Bertz CT molecular complexity index is 710. The molecule has 21 heavy (non-hydrogen) atoms. The van der Waals surface area contributed by atoms with Crippen molar-refractivity contribution in [3.8, 4) is 0 Å². The van der Waals surface area contributed by atoms with Crippen LogP contribution in [0.2, 0.25) is 0 Å². The number of oxime groups is 1. The molecule has 1 aliphatic carbocycles. The van der Waals surface area contributed by atoms with E-state index in [2.05, 4.69) is 29.4 Å². The highest BCUT2D eigenvalue weighted by molar-refractivity contribution is 7.99. The Hall–Kier alpha value is -1.94. The number of hydrogen-bond donors (Lipinski definition) is 2. The molecule has 0 spiro atoms. The van der Waals surface area contributed by atoms with Crippen LogP contribution >= 0.6 is 11.8 Å². The number of amidine groups is 1. The normalized spacial score (nSPS) is 14.2. The number of benzene rings is 2. The Kier molecular flexibility index (Phi) is 3.88. The highest BCUT2D eigenvalue weighted by Crippen LogP contribution is 2.34. The second kappa shape index (κ2) is 5.82. The zero-order chi connectivity index (χ0) is 14.8. The summed E-state index contributed by atoms with van der Waals surface area (Å²) in [7, 11) is 0. The number of rotatable bonds is 3. The van der Waals surface area contributed by atoms with E-state index in [1.807, 2.05) is 19.1 Å². The molecule has 1 aliphatic rings. The van der Waals surface area contributed by atoms with Gasteiger partial charge in [-0.15, -0.1) is 0 Å². The average Bonchev–Trinajstić information content (AvgIpc) is 2.94. The lowest BCUT2D eigenvalue weighted by atomic mass is 10.1. The van der Waals surface area contributed by atoms with Crippen molar-refractivity contribution in [3.05, 3.63) is 58.7 Å². The molecule has 2 aromatic rings. The quantitative estimate of drug-likeness (QED) is 0.393. The van der Waals surface area contributed by atoms with Gasteiger partial charge in [-0.25, -0.2) is 0 Å². The summed E-state index contributed by atoms with van der Waals surface area (Å²) >= 11 is 1.67. The lowest BCUT2D eigenvalue weighted by Gasteiger charge is -2.10. The molecule has 0 saturated carbocycles. The Morgan fingerprint density at radius 2 is 1.95 bits per heavy atom. The minimum atomic E-state index is 0.152. The molecule has 0 heterocycles. The van der Waals surface area contributed by atoms with Gasteiger partial charge in [0.2, 0.25) is 0 Å². The van der Waals surface area contributed by atoms with Crippen LogP contribution in [0.3, 0.4) is 0 Å². The standard InChI is InChI=1S/C17H18N2OS/c1-11-5-8-15(17(18)19-20)16(9-11)21-14-7-6-12-3-2-4-13(12)10-14/h5-10,20H,2-4H2,1H3,(H2,18,19). The maximum Gasteiger partial charge on any atom is 0.171 e. The Morgan fingerprint density at radius 1 is 1.14 bits per heavy atom. The van der Waals surface area contributed by atoms with E-state index in [-0.39, 0.29) is 5.84 Å². The van der Waals surface area contributed by atoms with Crippen molar-refractivity contribution >= 4 is 17.6 Å². The molecule has 3 N–H and O–H groups in total. The third kappa shape index (κ3) is 2.90. The van der Waals surface area contributed by atoms with Crippen molar-refractivity contribution in [2.75, 3.05) is 0 Å². The van der Waals surface area contributed by atoms with Crippen LogP contribution < -0.4 is 5.73 Å². The van der Waals surface area contributed by atoms with Gasteiger partial charge in [0.1, 0.15) is 0 Å². The van der Waals surface area contributed by atoms with Crippen molar-refractivity contribution in [1.82, 2.24) is 0 Å². The first-order valence-electron chi connectivity index (χ1n) is 7.05. The van der Waals surface area contributed by atoms with Crippen molar-refractivity contribution in [3.63, 3.8) is 0 Å². The van der Waals surface area contributed by atoms with Crippen LogP contribution in [-0.4, -0.2) is 11.0 Å². The van der Waals surface area contributed by atoms with Crippen LogP contribution in [0.1, 0.15) is 28.7 Å². The molecule has 0 amide bonds. The SMILES string of the molecule is Cc1ccc(C(N)=NO)c(Sc2ccc3c(c2)CCC3)c1. The van der Waals surface area contributed by atoms with Gasteiger partial charge >= 0.3 is 0 Å². The lowest BCUT2D eigenvalue weighted by Crippen LogP contribution is -2.14. The summed E-state index contributed by atoms with van der Waals surface area (Å²) in [5.74, 6) is 0.152.